The normalized spacial score (nSPS) is 16.2. The summed E-state index contributed by atoms with van der Waals surface area (Å²) in [6.07, 6.45) is 7.17. The predicted octanol–water partition coefficient (Wildman–Crippen LogP) is 6.37. The summed E-state index contributed by atoms with van der Waals surface area (Å²) in [6, 6.07) is 8.60. The third-order valence-corrected chi connectivity index (χ3v) is 8.40. The molecular formula is C28H30ClF3N6O2S. The Bertz CT molecular complexity index is 1570. The lowest BCUT2D eigenvalue weighted by atomic mass is 10.1. The lowest BCUT2D eigenvalue weighted by molar-refractivity contribution is -0.137. The number of amides is 1. The van der Waals surface area contributed by atoms with Gasteiger partial charge in [0.25, 0.3) is 5.91 Å². The fourth-order valence-corrected chi connectivity index (χ4v) is 5.49. The Morgan fingerprint density at radius 2 is 1.93 bits per heavy atom. The minimum absolute atomic E-state index is 0.214. The number of anilines is 1. The van der Waals surface area contributed by atoms with Gasteiger partial charge in [-0.05, 0) is 56.0 Å². The Morgan fingerprint density at radius 1 is 1.15 bits per heavy atom. The first-order valence-corrected chi connectivity index (χ1v) is 16.2. The summed E-state index contributed by atoms with van der Waals surface area (Å²) in [5.74, 6) is 1.12. The zero-order valence-electron chi connectivity index (χ0n) is 23.0. The number of hydrogen-bond donors (Lipinski definition) is 0. The molecule has 1 unspecified atom stereocenters. The number of pyridine rings is 1. The Labute approximate surface area is 242 Å². The zero-order chi connectivity index (χ0) is 29.5. The third-order valence-electron chi connectivity index (χ3n) is 6.69. The van der Waals surface area contributed by atoms with E-state index in [1.165, 1.54) is 17.0 Å². The topological polar surface area (TPSA) is 78.1 Å². The molecule has 4 aromatic rings. The Kier molecular flexibility index (Phi) is 7.92. The first kappa shape index (κ1) is 29.2. The summed E-state index contributed by atoms with van der Waals surface area (Å²) < 4.78 is 49.3. The molecule has 1 aliphatic rings. The van der Waals surface area contributed by atoms with Gasteiger partial charge in [0.15, 0.2) is 5.82 Å². The van der Waals surface area contributed by atoms with Gasteiger partial charge >= 0.3 is 6.18 Å². The van der Waals surface area contributed by atoms with Crippen LogP contribution >= 0.6 is 21.6 Å². The van der Waals surface area contributed by atoms with E-state index in [2.05, 4.69) is 28.8 Å². The SMILES string of the molecule is CC1CN(c2ccc(C(F)(F)F)c(Cl)c2)C(=O)c2c(-c3cn(COCCS(C)(C)C)c(-c4ccccn4)n3)cnn21. The molecule has 0 saturated carbocycles. The van der Waals surface area contributed by atoms with E-state index in [0.29, 0.717) is 29.4 Å². The van der Waals surface area contributed by atoms with Crippen LogP contribution in [0.5, 0.6) is 0 Å². The number of aromatic nitrogens is 5. The second kappa shape index (κ2) is 11.1. The number of hydrogen-bond acceptors (Lipinski definition) is 5. The van der Waals surface area contributed by atoms with Crippen LogP contribution < -0.4 is 4.90 Å². The Hall–Kier alpha value is -3.35. The molecule has 0 fully saturated rings. The van der Waals surface area contributed by atoms with Crippen molar-refractivity contribution in [3.05, 3.63) is 71.3 Å². The van der Waals surface area contributed by atoms with Crippen LogP contribution in [0.15, 0.2) is 55.0 Å². The van der Waals surface area contributed by atoms with Crippen molar-refractivity contribution in [1.29, 1.82) is 0 Å². The van der Waals surface area contributed by atoms with Crippen molar-refractivity contribution in [2.45, 2.75) is 25.9 Å². The molecule has 0 N–H and O–H groups in total. The first-order chi connectivity index (χ1) is 19.3. The van der Waals surface area contributed by atoms with Crippen LogP contribution in [-0.2, 0) is 17.6 Å². The highest BCUT2D eigenvalue weighted by atomic mass is 35.5. The van der Waals surface area contributed by atoms with Crippen LogP contribution in [0.2, 0.25) is 5.02 Å². The molecule has 3 aromatic heterocycles. The minimum atomic E-state index is -4.59. The highest BCUT2D eigenvalue weighted by molar-refractivity contribution is 8.32. The number of alkyl halides is 3. The number of halogens is 4. The number of fused-ring (bicyclic) bond motifs is 1. The summed E-state index contributed by atoms with van der Waals surface area (Å²) in [6.45, 7) is 2.94. The predicted molar refractivity (Wildman–Crippen MR) is 156 cm³/mol. The lowest BCUT2D eigenvalue weighted by Crippen LogP contribution is -2.42. The third kappa shape index (κ3) is 6.14. The molecule has 0 saturated heterocycles. The van der Waals surface area contributed by atoms with Crippen LogP contribution in [0.25, 0.3) is 22.8 Å². The van der Waals surface area contributed by atoms with Crippen LogP contribution in [0.1, 0.15) is 29.0 Å². The molecule has 0 aliphatic carbocycles. The standard InChI is InChI=1S/C28H30ClF3N6O2S/c1-18-15-37(19-8-9-21(22(29)13-19)28(30,31)32)27(39)25-20(14-34-38(18)25)24-16-36(17-40-11-12-41(2,3)4)26(35-24)23-7-5-6-10-33-23/h5-10,13-14,16,18H,11-12,15,17H2,1-4H3. The highest BCUT2D eigenvalue weighted by Gasteiger charge is 2.37. The number of rotatable bonds is 8. The van der Waals surface area contributed by atoms with E-state index in [9.17, 15) is 18.0 Å². The number of carbonyl (C=O) groups is 1. The van der Waals surface area contributed by atoms with E-state index < -0.39 is 32.7 Å². The van der Waals surface area contributed by atoms with E-state index in [1.807, 2.05) is 29.7 Å². The number of nitrogens with zero attached hydrogens (tertiary/aromatic N) is 6. The van der Waals surface area contributed by atoms with Gasteiger partial charge in [-0.25, -0.2) is 15.0 Å². The fourth-order valence-electron chi connectivity index (χ4n) is 4.59. The Balaban J connectivity index is 1.50. The summed E-state index contributed by atoms with van der Waals surface area (Å²) in [5, 5.41) is 4.00. The van der Waals surface area contributed by atoms with Crippen molar-refractivity contribution in [2.24, 2.45) is 0 Å². The first-order valence-electron chi connectivity index (χ1n) is 12.8. The second-order valence-electron chi connectivity index (χ2n) is 10.7. The molecule has 0 spiro atoms. The fraction of sp³-hybridized carbons (Fsp3) is 0.357. The average molecular weight is 607 g/mol. The number of imidazole rings is 1. The van der Waals surface area contributed by atoms with Gasteiger partial charge in [-0.2, -0.15) is 18.3 Å². The van der Waals surface area contributed by atoms with Crippen molar-refractivity contribution in [1.82, 2.24) is 24.3 Å². The van der Waals surface area contributed by atoms with Gasteiger partial charge in [-0.1, -0.05) is 17.7 Å². The van der Waals surface area contributed by atoms with Gasteiger partial charge in [0, 0.05) is 30.4 Å². The van der Waals surface area contributed by atoms with Gasteiger partial charge in [0.1, 0.15) is 18.1 Å². The van der Waals surface area contributed by atoms with Crippen molar-refractivity contribution < 1.29 is 22.7 Å². The maximum absolute atomic E-state index is 13.8. The van der Waals surface area contributed by atoms with Crippen molar-refractivity contribution >= 4 is 33.2 Å². The number of benzene rings is 1. The molecule has 4 heterocycles. The molecule has 13 heteroatoms. The molecule has 1 aliphatic heterocycles. The molecule has 0 radical (unpaired) electrons. The summed E-state index contributed by atoms with van der Waals surface area (Å²) in [4.78, 5) is 24.5. The molecule has 8 nitrogen and oxygen atoms in total. The zero-order valence-corrected chi connectivity index (χ0v) is 24.6. The van der Waals surface area contributed by atoms with E-state index in [4.69, 9.17) is 21.3 Å². The van der Waals surface area contributed by atoms with E-state index in [0.717, 1.165) is 11.8 Å². The monoisotopic (exact) mass is 606 g/mol. The van der Waals surface area contributed by atoms with Crippen LogP contribution in [0.3, 0.4) is 0 Å². The largest absolute Gasteiger partial charge is 0.417 e. The average Bonchev–Trinajstić information content (AvgIpc) is 3.53. The summed E-state index contributed by atoms with van der Waals surface area (Å²) in [5.41, 5.74) is 1.25. The second-order valence-corrected chi connectivity index (χ2v) is 15.7. The maximum Gasteiger partial charge on any atom is 0.417 e. The highest BCUT2D eigenvalue weighted by Crippen LogP contribution is 2.39. The summed E-state index contributed by atoms with van der Waals surface area (Å²) >= 11 is 5.97. The maximum atomic E-state index is 13.8. The smallest absolute Gasteiger partial charge is 0.360 e. The number of ether oxygens (including phenoxy) is 1. The van der Waals surface area contributed by atoms with Crippen molar-refractivity contribution in [3.8, 4) is 22.8 Å². The van der Waals surface area contributed by atoms with Crippen molar-refractivity contribution in [2.75, 3.05) is 42.6 Å². The van der Waals surface area contributed by atoms with Gasteiger partial charge in [-0.3, -0.25) is 14.5 Å². The van der Waals surface area contributed by atoms with Gasteiger partial charge in [0.2, 0.25) is 0 Å². The summed E-state index contributed by atoms with van der Waals surface area (Å²) in [7, 11) is -0.713. The van der Waals surface area contributed by atoms with Gasteiger partial charge in [-0.15, -0.1) is 0 Å². The van der Waals surface area contributed by atoms with Crippen LogP contribution in [0, 0.1) is 0 Å². The lowest BCUT2D eigenvalue weighted by Gasteiger charge is -2.32. The molecule has 0 bridgehead atoms. The number of carbonyl (C=O) groups excluding carboxylic acids is 1. The molecule has 1 aromatic carbocycles. The van der Waals surface area contributed by atoms with Crippen LogP contribution in [-0.4, -0.2) is 67.9 Å². The molecule has 41 heavy (non-hydrogen) atoms. The van der Waals surface area contributed by atoms with Crippen molar-refractivity contribution in [3.63, 3.8) is 0 Å². The molecule has 218 valence electrons. The van der Waals surface area contributed by atoms with E-state index >= 15 is 0 Å². The van der Waals surface area contributed by atoms with E-state index in [-0.39, 0.29) is 30.7 Å². The van der Waals surface area contributed by atoms with E-state index in [1.54, 1.807) is 23.3 Å². The van der Waals surface area contributed by atoms with Gasteiger partial charge in [0.05, 0.1) is 40.7 Å². The molecular weight excluding hydrogens is 577 g/mol. The minimum Gasteiger partial charge on any atom is -0.360 e. The van der Waals surface area contributed by atoms with Crippen LogP contribution in [0.4, 0.5) is 18.9 Å². The van der Waals surface area contributed by atoms with Gasteiger partial charge < -0.3 is 14.2 Å². The molecule has 5 rings (SSSR count). The molecule has 1 amide bonds. The quantitative estimate of drug-likeness (QED) is 0.218. The molecule has 1 atom stereocenters. The Morgan fingerprint density at radius 3 is 2.59 bits per heavy atom.